The van der Waals surface area contributed by atoms with Crippen LogP contribution in [0.3, 0.4) is 0 Å². The van der Waals surface area contributed by atoms with Gasteiger partial charge in [-0.25, -0.2) is 0 Å². The average Bonchev–Trinajstić information content (AvgIpc) is 2.75. The molecule has 4 nitrogen and oxygen atoms in total. The molecule has 2 amide bonds. The van der Waals surface area contributed by atoms with Crippen LogP contribution in [0, 0.1) is 0 Å². The van der Waals surface area contributed by atoms with Crippen molar-refractivity contribution in [2.45, 2.75) is 38.9 Å². The van der Waals surface area contributed by atoms with E-state index in [1.165, 1.54) is 0 Å². The van der Waals surface area contributed by atoms with Crippen molar-refractivity contribution in [2.24, 2.45) is 0 Å². The van der Waals surface area contributed by atoms with Gasteiger partial charge in [0.1, 0.15) is 11.6 Å². The van der Waals surface area contributed by atoms with E-state index in [2.05, 4.69) is 5.32 Å². The summed E-state index contributed by atoms with van der Waals surface area (Å²) in [6.07, 6.45) is 0. The molecule has 1 N–H and O–H groups in total. The lowest BCUT2D eigenvalue weighted by Gasteiger charge is -2.43. The highest BCUT2D eigenvalue weighted by molar-refractivity contribution is 7.09. The average molecular weight is 252 g/mol. The molecule has 1 aromatic rings. The molecule has 5 heteroatoms. The third-order valence-corrected chi connectivity index (χ3v) is 3.97. The molecule has 2 rings (SSSR count). The molecule has 1 aliphatic rings. The minimum atomic E-state index is -0.784. The first-order valence-electron chi connectivity index (χ1n) is 5.58. The Labute approximate surface area is 105 Å². The molecule has 1 aromatic heterocycles. The lowest BCUT2D eigenvalue weighted by molar-refractivity contribution is -0.155. The molecular weight excluding hydrogens is 236 g/mol. The van der Waals surface area contributed by atoms with Crippen molar-refractivity contribution in [3.63, 3.8) is 0 Å². The monoisotopic (exact) mass is 252 g/mol. The summed E-state index contributed by atoms with van der Waals surface area (Å²) in [5.74, 6) is -0.121. The molecule has 2 heterocycles. The first kappa shape index (κ1) is 12.1. The number of hydrogen-bond donors (Lipinski definition) is 1. The van der Waals surface area contributed by atoms with Crippen molar-refractivity contribution in [1.29, 1.82) is 0 Å². The fourth-order valence-electron chi connectivity index (χ4n) is 1.90. The van der Waals surface area contributed by atoms with Gasteiger partial charge in [-0.3, -0.25) is 9.59 Å². The summed E-state index contributed by atoms with van der Waals surface area (Å²) < 4.78 is 0. The number of carbonyl (C=O) groups excluding carboxylic acids is 2. The Morgan fingerprint density at radius 2 is 2.18 bits per heavy atom. The number of nitrogens with one attached hydrogen (secondary N) is 1. The van der Waals surface area contributed by atoms with Gasteiger partial charge in [0, 0.05) is 4.88 Å². The molecule has 1 aliphatic heterocycles. The summed E-state index contributed by atoms with van der Waals surface area (Å²) >= 11 is 1.60. The second-order valence-electron chi connectivity index (χ2n) is 4.76. The Morgan fingerprint density at radius 3 is 2.76 bits per heavy atom. The smallest absolute Gasteiger partial charge is 0.246 e. The van der Waals surface area contributed by atoms with Crippen LogP contribution in [-0.4, -0.2) is 28.3 Å². The highest BCUT2D eigenvalue weighted by Crippen LogP contribution is 2.24. The molecule has 0 saturated carbocycles. The van der Waals surface area contributed by atoms with E-state index in [9.17, 15) is 9.59 Å². The third kappa shape index (κ3) is 2.07. The van der Waals surface area contributed by atoms with Gasteiger partial charge in [-0.1, -0.05) is 6.07 Å². The largest absolute Gasteiger partial charge is 0.343 e. The van der Waals surface area contributed by atoms with Crippen LogP contribution in [0.4, 0.5) is 0 Å². The lowest BCUT2D eigenvalue weighted by atomic mass is 9.96. The summed E-state index contributed by atoms with van der Waals surface area (Å²) in [5, 5.41) is 4.67. The van der Waals surface area contributed by atoms with Crippen LogP contribution in [0.1, 0.15) is 25.6 Å². The number of nitrogens with zero attached hydrogens (tertiary/aromatic N) is 1. The molecule has 0 aliphatic carbocycles. The highest BCUT2D eigenvalue weighted by Gasteiger charge is 2.44. The Morgan fingerprint density at radius 1 is 1.47 bits per heavy atom. The maximum atomic E-state index is 12.1. The van der Waals surface area contributed by atoms with Crippen molar-refractivity contribution in [2.75, 3.05) is 0 Å². The van der Waals surface area contributed by atoms with Crippen LogP contribution < -0.4 is 5.32 Å². The number of amides is 2. The fraction of sp³-hybridized carbons (Fsp3) is 0.500. The molecule has 1 unspecified atom stereocenters. The van der Waals surface area contributed by atoms with E-state index >= 15 is 0 Å². The van der Waals surface area contributed by atoms with E-state index in [1.54, 1.807) is 37.0 Å². The molecule has 1 fully saturated rings. The minimum absolute atomic E-state index is 0.0250. The topological polar surface area (TPSA) is 49.4 Å². The van der Waals surface area contributed by atoms with Gasteiger partial charge < -0.3 is 10.2 Å². The Hall–Kier alpha value is -1.36. The minimum Gasteiger partial charge on any atom is -0.343 e. The van der Waals surface area contributed by atoms with Crippen LogP contribution >= 0.6 is 11.3 Å². The van der Waals surface area contributed by atoms with Crippen LogP contribution in [0.2, 0.25) is 0 Å². The summed E-state index contributed by atoms with van der Waals surface area (Å²) in [6, 6.07) is 3.49. The Balaban J connectivity index is 2.27. The summed E-state index contributed by atoms with van der Waals surface area (Å²) in [6.45, 7) is 5.78. The number of carbonyl (C=O) groups is 2. The number of piperazine rings is 1. The maximum absolute atomic E-state index is 12.1. The van der Waals surface area contributed by atoms with Crippen LogP contribution in [0.15, 0.2) is 17.5 Å². The molecule has 92 valence electrons. The lowest BCUT2D eigenvalue weighted by Crippen LogP contribution is -2.67. The predicted octanol–water partition coefficient (Wildman–Crippen LogP) is 1.37. The Bertz CT molecular complexity index is 439. The quantitative estimate of drug-likeness (QED) is 0.864. The van der Waals surface area contributed by atoms with E-state index in [-0.39, 0.29) is 11.8 Å². The van der Waals surface area contributed by atoms with Crippen molar-refractivity contribution in [3.8, 4) is 0 Å². The standard InChI is InChI=1S/C12H16N2O2S/c1-8-10(15)14(7-9-5-4-6-17-9)12(2,3)11(16)13-8/h4-6,8H,7H2,1-3H3,(H,13,16). The van der Waals surface area contributed by atoms with Gasteiger partial charge in [0.15, 0.2) is 0 Å². The van der Waals surface area contributed by atoms with E-state index < -0.39 is 11.6 Å². The number of rotatable bonds is 2. The molecule has 1 atom stereocenters. The van der Waals surface area contributed by atoms with Crippen LogP contribution in [-0.2, 0) is 16.1 Å². The van der Waals surface area contributed by atoms with Crippen LogP contribution in [0.25, 0.3) is 0 Å². The van der Waals surface area contributed by atoms with Crippen LogP contribution in [0.5, 0.6) is 0 Å². The number of thiophene rings is 1. The molecule has 0 aromatic carbocycles. The van der Waals surface area contributed by atoms with E-state index in [4.69, 9.17) is 0 Å². The van der Waals surface area contributed by atoms with Crippen molar-refractivity contribution < 1.29 is 9.59 Å². The van der Waals surface area contributed by atoms with Gasteiger partial charge in [-0.2, -0.15) is 0 Å². The second kappa shape index (κ2) is 4.14. The highest BCUT2D eigenvalue weighted by atomic mass is 32.1. The molecule has 17 heavy (non-hydrogen) atoms. The van der Waals surface area contributed by atoms with E-state index in [1.807, 2.05) is 17.5 Å². The predicted molar refractivity (Wildman–Crippen MR) is 66.6 cm³/mol. The Kier molecular flexibility index (Phi) is 2.95. The SMILES string of the molecule is CC1NC(=O)C(C)(C)N(Cc2cccs2)C1=O. The van der Waals surface area contributed by atoms with Gasteiger partial charge >= 0.3 is 0 Å². The molecule has 1 saturated heterocycles. The van der Waals surface area contributed by atoms with E-state index in [0.717, 1.165) is 4.88 Å². The zero-order chi connectivity index (χ0) is 12.6. The van der Waals surface area contributed by atoms with Crippen molar-refractivity contribution in [3.05, 3.63) is 22.4 Å². The first-order chi connectivity index (χ1) is 7.93. The second-order valence-corrected chi connectivity index (χ2v) is 5.79. The first-order valence-corrected chi connectivity index (χ1v) is 6.45. The van der Waals surface area contributed by atoms with Gasteiger partial charge in [-0.05, 0) is 32.2 Å². The maximum Gasteiger partial charge on any atom is 0.246 e. The summed E-state index contributed by atoms with van der Waals surface area (Å²) in [4.78, 5) is 26.8. The van der Waals surface area contributed by atoms with Gasteiger partial charge in [0.2, 0.25) is 11.8 Å². The van der Waals surface area contributed by atoms with E-state index in [0.29, 0.717) is 6.54 Å². The fourth-order valence-corrected chi connectivity index (χ4v) is 2.59. The van der Waals surface area contributed by atoms with Gasteiger partial charge in [0.05, 0.1) is 6.54 Å². The number of hydrogen-bond acceptors (Lipinski definition) is 3. The summed E-state index contributed by atoms with van der Waals surface area (Å²) in [5.41, 5.74) is -0.784. The van der Waals surface area contributed by atoms with Gasteiger partial charge in [0.25, 0.3) is 0 Å². The third-order valence-electron chi connectivity index (χ3n) is 3.11. The molecule has 0 bridgehead atoms. The zero-order valence-corrected chi connectivity index (χ0v) is 11.0. The molecular formula is C12H16N2O2S. The molecule has 0 spiro atoms. The van der Waals surface area contributed by atoms with Crippen molar-refractivity contribution >= 4 is 23.2 Å². The molecule has 0 radical (unpaired) electrons. The normalized spacial score (nSPS) is 23.7. The van der Waals surface area contributed by atoms with Gasteiger partial charge in [-0.15, -0.1) is 11.3 Å². The van der Waals surface area contributed by atoms with Crippen molar-refractivity contribution in [1.82, 2.24) is 10.2 Å². The summed E-state index contributed by atoms with van der Waals surface area (Å²) in [7, 11) is 0. The zero-order valence-electron chi connectivity index (χ0n) is 10.2.